The van der Waals surface area contributed by atoms with Crippen molar-refractivity contribution >= 4 is 38.4 Å². The first-order valence-corrected chi connectivity index (χ1v) is 8.49. The van der Waals surface area contributed by atoms with Gasteiger partial charge in [-0.15, -0.1) is 22.7 Å². The zero-order chi connectivity index (χ0) is 13.3. The molecule has 0 aliphatic carbocycles. The number of anilines is 1. The molecule has 0 spiro atoms. The molecule has 1 atom stereocenters. The van der Waals surface area contributed by atoms with Crippen molar-refractivity contribution in [1.29, 1.82) is 0 Å². The molecular formula is C11H14N2O2S3. The van der Waals surface area contributed by atoms with E-state index in [0.717, 1.165) is 21.1 Å². The average molecular weight is 302 g/mol. The summed E-state index contributed by atoms with van der Waals surface area (Å²) < 4.78 is 27.1. The number of rotatable bonds is 4. The maximum atomic E-state index is 12.1. The number of sulfonamides is 1. The van der Waals surface area contributed by atoms with Crippen molar-refractivity contribution < 1.29 is 8.42 Å². The van der Waals surface area contributed by atoms with Crippen LogP contribution in [0.25, 0.3) is 0 Å². The molecule has 2 aromatic heterocycles. The molecule has 0 aromatic carbocycles. The van der Waals surface area contributed by atoms with Gasteiger partial charge in [0.15, 0.2) is 0 Å². The summed E-state index contributed by atoms with van der Waals surface area (Å²) in [4.78, 5) is 2.16. The second-order valence-corrected chi connectivity index (χ2v) is 8.16. The van der Waals surface area contributed by atoms with Gasteiger partial charge in [-0.25, -0.2) is 13.1 Å². The maximum Gasteiger partial charge on any atom is 0.250 e. The zero-order valence-electron chi connectivity index (χ0n) is 10.0. The predicted octanol–water partition coefficient (Wildman–Crippen LogP) is 2.74. The van der Waals surface area contributed by atoms with Gasteiger partial charge in [-0.3, -0.25) is 0 Å². The highest BCUT2D eigenvalue weighted by Crippen LogP contribution is 2.26. The van der Waals surface area contributed by atoms with Crippen molar-refractivity contribution in [3.8, 4) is 0 Å². The molecule has 18 heavy (non-hydrogen) atoms. The molecule has 2 heterocycles. The molecule has 1 unspecified atom stereocenters. The number of aryl methyl sites for hydroxylation is 1. The standard InChI is InChI=1S/C11H14N2O2S3/c1-7-3-4-10(17-7)8(2)13-18(14,15)11-5-9(12)6-16-11/h3-6,8,13H,12H2,1-2H3. The van der Waals surface area contributed by atoms with Crippen LogP contribution in [0.5, 0.6) is 0 Å². The number of nitrogen functional groups attached to an aromatic ring is 1. The van der Waals surface area contributed by atoms with Crippen molar-refractivity contribution in [1.82, 2.24) is 4.72 Å². The lowest BCUT2D eigenvalue weighted by molar-refractivity contribution is 0.570. The summed E-state index contributed by atoms with van der Waals surface area (Å²) in [5.41, 5.74) is 6.01. The van der Waals surface area contributed by atoms with E-state index in [9.17, 15) is 8.42 Å². The fourth-order valence-electron chi connectivity index (χ4n) is 1.51. The lowest BCUT2D eigenvalue weighted by Gasteiger charge is -2.11. The third kappa shape index (κ3) is 2.92. The van der Waals surface area contributed by atoms with Gasteiger partial charge in [0.1, 0.15) is 4.21 Å². The molecule has 0 fully saturated rings. The highest BCUT2D eigenvalue weighted by molar-refractivity contribution is 7.91. The van der Waals surface area contributed by atoms with E-state index >= 15 is 0 Å². The molecule has 0 saturated heterocycles. The molecule has 2 aromatic rings. The van der Waals surface area contributed by atoms with Crippen molar-refractivity contribution in [3.63, 3.8) is 0 Å². The van der Waals surface area contributed by atoms with Crippen LogP contribution in [0.15, 0.2) is 27.8 Å². The van der Waals surface area contributed by atoms with Crippen LogP contribution < -0.4 is 10.5 Å². The molecule has 2 rings (SSSR count). The SMILES string of the molecule is Cc1ccc(C(C)NS(=O)(=O)c2cc(N)cs2)s1. The summed E-state index contributed by atoms with van der Waals surface area (Å²) in [5, 5.41) is 1.62. The summed E-state index contributed by atoms with van der Waals surface area (Å²) in [6, 6.07) is 5.15. The fraction of sp³-hybridized carbons (Fsp3) is 0.273. The monoisotopic (exact) mass is 302 g/mol. The van der Waals surface area contributed by atoms with Gasteiger partial charge >= 0.3 is 0 Å². The van der Waals surface area contributed by atoms with E-state index in [2.05, 4.69) is 4.72 Å². The van der Waals surface area contributed by atoms with Crippen LogP contribution in [0.3, 0.4) is 0 Å². The van der Waals surface area contributed by atoms with E-state index in [0.29, 0.717) is 5.69 Å². The second kappa shape index (κ2) is 5.00. The topological polar surface area (TPSA) is 72.2 Å². The Labute approximate surface area is 115 Å². The predicted molar refractivity (Wildman–Crippen MR) is 76.5 cm³/mol. The zero-order valence-corrected chi connectivity index (χ0v) is 12.5. The summed E-state index contributed by atoms with van der Waals surface area (Å²) in [6.07, 6.45) is 0. The summed E-state index contributed by atoms with van der Waals surface area (Å²) in [5.74, 6) is 0. The van der Waals surface area contributed by atoms with Crippen LogP contribution in [0, 0.1) is 6.92 Å². The first kappa shape index (κ1) is 13.5. The quantitative estimate of drug-likeness (QED) is 0.912. The number of thiophene rings is 2. The molecule has 0 aliphatic rings. The molecule has 4 nitrogen and oxygen atoms in total. The van der Waals surface area contributed by atoms with Crippen molar-refractivity contribution in [2.75, 3.05) is 5.73 Å². The maximum absolute atomic E-state index is 12.1. The van der Waals surface area contributed by atoms with Crippen LogP contribution in [0.1, 0.15) is 22.7 Å². The molecule has 7 heteroatoms. The Balaban J connectivity index is 2.18. The van der Waals surface area contributed by atoms with Crippen LogP contribution in [-0.2, 0) is 10.0 Å². The molecule has 0 radical (unpaired) electrons. The summed E-state index contributed by atoms with van der Waals surface area (Å²) in [7, 11) is -3.48. The fourth-order valence-corrected chi connectivity index (χ4v) is 4.78. The van der Waals surface area contributed by atoms with Crippen molar-refractivity contribution in [3.05, 3.63) is 33.3 Å². The van der Waals surface area contributed by atoms with E-state index in [1.807, 2.05) is 26.0 Å². The van der Waals surface area contributed by atoms with E-state index in [-0.39, 0.29) is 10.3 Å². The number of nitrogens with one attached hydrogen (secondary N) is 1. The lowest BCUT2D eigenvalue weighted by atomic mass is 10.3. The first-order valence-electron chi connectivity index (χ1n) is 5.31. The normalized spacial score (nSPS) is 13.7. The molecule has 0 amide bonds. The number of nitrogens with two attached hydrogens (primary N) is 1. The van der Waals surface area contributed by atoms with Crippen LogP contribution in [0.2, 0.25) is 0 Å². The van der Waals surface area contributed by atoms with E-state index < -0.39 is 10.0 Å². The smallest absolute Gasteiger partial charge is 0.250 e. The van der Waals surface area contributed by atoms with Crippen LogP contribution in [0.4, 0.5) is 5.69 Å². The first-order chi connectivity index (χ1) is 8.38. The number of hydrogen-bond donors (Lipinski definition) is 2. The Morgan fingerprint density at radius 3 is 2.61 bits per heavy atom. The minimum absolute atomic E-state index is 0.239. The van der Waals surface area contributed by atoms with E-state index in [4.69, 9.17) is 5.73 Å². The van der Waals surface area contributed by atoms with Gasteiger partial charge in [0.2, 0.25) is 0 Å². The highest BCUT2D eigenvalue weighted by atomic mass is 32.2. The highest BCUT2D eigenvalue weighted by Gasteiger charge is 2.20. The molecule has 0 bridgehead atoms. The Bertz CT molecular complexity index is 643. The lowest BCUT2D eigenvalue weighted by Crippen LogP contribution is -2.25. The minimum Gasteiger partial charge on any atom is -0.398 e. The van der Waals surface area contributed by atoms with Gasteiger partial charge in [0.05, 0.1) is 6.04 Å². The number of hydrogen-bond acceptors (Lipinski definition) is 5. The van der Waals surface area contributed by atoms with Gasteiger partial charge in [-0.2, -0.15) is 0 Å². The van der Waals surface area contributed by atoms with Gasteiger partial charge in [-0.05, 0) is 32.0 Å². The third-order valence-electron chi connectivity index (χ3n) is 2.38. The second-order valence-electron chi connectivity index (χ2n) is 3.99. The molecular weight excluding hydrogens is 288 g/mol. The van der Waals surface area contributed by atoms with Crippen molar-refractivity contribution in [2.24, 2.45) is 0 Å². The summed E-state index contributed by atoms with van der Waals surface area (Å²) in [6.45, 7) is 3.83. The third-order valence-corrected chi connectivity index (χ3v) is 6.56. The molecule has 3 N–H and O–H groups in total. The van der Waals surface area contributed by atoms with Crippen molar-refractivity contribution in [2.45, 2.75) is 24.1 Å². The van der Waals surface area contributed by atoms with Crippen LogP contribution >= 0.6 is 22.7 Å². The van der Waals surface area contributed by atoms with Crippen LogP contribution in [-0.4, -0.2) is 8.42 Å². The van der Waals surface area contributed by atoms with Gasteiger partial charge < -0.3 is 5.73 Å². The van der Waals surface area contributed by atoms with Gasteiger partial charge in [-0.1, -0.05) is 0 Å². The summed E-state index contributed by atoms with van der Waals surface area (Å²) >= 11 is 2.72. The molecule has 98 valence electrons. The average Bonchev–Trinajstić information content (AvgIpc) is 2.86. The van der Waals surface area contributed by atoms with Gasteiger partial charge in [0.25, 0.3) is 10.0 Å². The Morgan fingerprint density at radius 1 is 1.39 bits per heavy atom. The van der Waals surface area contributed by atoms with E-state index in [1.165, 1.54) is 6.07 Å². The van der Waals surface area contributed by atoms with E-state index in [1.54, 1.807) is 16.7 Å². The molecule has 0 aliphatic heterocycles. The minimum atomic E-state index is -3.48. The Hall–Kier alpha value is -0.890. The largest absolute Gasteiger partial charge is 0.398 e. The Morgan fingerprint density at radius 2 is 2.11 bits per heavy atom. The molecule has 0 saturated carbocycles. The Kier molecular flexibility index (Phi) is 3.76. The van der Waals surface area contributed by atoms with Gasteiger partial charge in [0, 0.05) is 20.8 Å².